The second-order valence-corrected chi connectivity index (χ2v) is 5.95. The van der Waals surface area contributed by atoms with Crippen LogP contribution in [0.2, 0.25) is 0 Å². The molecule has 0 aromatic heterocycles. The Kier molecular flexibility index (Phi) is 7.56. The van der Waals surface area contributed by atoms with Gasteiger partial charge >= 0.3 is 5.97 Å². The van der Waals surface area contributed by atoms with Crippen molar-refractivity contribution in [3.05, 3.63) is 52.1 Å². The highest BCUT2D eigenvalue weighted by Crippen LogP contribution is 2.35. The molecule has 0 bridgehead atoms. The van der Waals surface area contributed by atoms with Crippen molar-refractivity contribution < 1.29 is 33.5 Å². The van der Waals surface area contributed by atoms with Crippen molar-refractivity contribution in [3.8, 4) is 17.2 Å². The van der Waals surface area contributed by atoms with Crippen LogP contribution in [-0.4, -0.2) is 43.7 Å². The van der Waals surface area contributed by atoms with Crippen molar-refractivity contribution in [2.24, 2.45) is 0 Å². The van der Waals surface area contributed by atoms with Crippen LogP contribution in [0.3, 0.4) is 0 Å². The third-order valence-corrected chi connectivity index (χ3v) is 4.02. The van der Waals surface area contributed by atoms with Crippen LogP contribution in [0, 0.1) is 10.1 Å². The van der Waals surface area contributed by atoms with E-state index in [-0.39, 0.29) is 23.7 Å². The zero-order valence-electron chi connectivity index (χ0n) is 17.0. The first-order valence-electron chi connectivity index (χ1n) is 8.96. The lowest BCUT2D eigenvalue weighted by molar-refractivity contribution is -0.385. The molecule has 1 unspecified atom stereocenters. The Balaban J connectivity index is 2.23. The maximum atomic E-state index is 12.6. The summed E-state index contributed by atoms with van der Waals surface area (Å²) in [5.74, 6) is -1.01. The van der Waals surface area contributed by atoms with Crippen LogP contribution < -0.4 is 19.5 Å². The number of anilines is 1. The van der Waals surface area contributed by atoms with Gasteiger partial charge in [-0.3, -0.25) is 14.9 Å². The minimum absolute atomic E-state index is 0.116. The zero-order valence-corrected chi connectivity index (χ0v) is 17.0. The van der Waals surface area contributed by atoms with Gasteiger partial charge in [0.2, 0.25) is 0 Å². The average molecular weight is 418 g/mol. The number of benzene rings is 2. The minimum Gasteiger partial charge on any atom is -0.495 e. The molecule has 0 aliphatic carbocycles. The van der Waals surface area contributed by atoms with Gasteiger partial charge in [0.25, 0.3) is 11.6 Å². The molecule has 0 saturated heterocycles. The summed E-state index contributed by atoms with van der Waals surface area (Å²) in [5, 5.41) is 14.0. The van der Waals surface area contributed by atoms with Crippen LogP contribution in [0.5, 0.6) is 17.2 Å². The van der Waals surface area contributed by atoms with Crippen LogP contribution in [0.15, 0.2) is 36.4 Å². The molecule has 0 spiro atoms. The first-order valence-corrected chi connectivity index (χ1v) is 8.96. The molecule has 160 valence electrons. The number of esters is 1. The number of para-hydroxylation sites is 2. The van der Waals surface area contributed by atoms with Gasteiger partial charge in [0.1, 0.15) is 11.3 Å². The van der Waals surface area contributed by atoms with E-state index < -0.39 is 28.6 Å². The van der Waals surface area contributed by atoms with E-state index in [1.54, 1.807) is 31.2 Å². The van der Waals surface area contributed by atoms with Gasteiger partial charge in [-0.15, -0.1) is 0 Å². The Morgan fingerprint density at radius 3 is 2.37 bits per heavy atom. The van der Waals surface area contributed by atoms with Gasteiger partial charge in [-0.1, -0.05) is 12.1 Å². The van der Waals surface area contributed by atoms with Crippen LogP contribution in [0.4, 0.5) is 11.4 Å². The fraction of sp³-hybridized carbons (Fsp3) is 0.300. The predicted octanol–water partition coefficient (Wildman–Crippen LogP) is 3.19. The summed E-state index contributed by atoms with van der Waals surface area (Å²) in [6.45, 7) is 3.30. The molecule has 1 amide bonds. The van der Waals surface area contributed by atoms with Crippen LogP contribution >= 0.6 is 0 Å². The highest BCUT2D eigenvalue weighted by Gasteiger charge is 2.28. The standard InChI is InChI=1S/C20H22N2O8/c1-5-29-18-11-15(22(25)26)13(10-17(18)28-4)20(24)30-12(2)19(23)21-14-8-6-7-9-16(14)27-3/h6-12H,5H2,1-4H3,(H,21,23). The number of hydrogen-bond acceptors (Lipinski definition) is 8. The Hall–Kier alpha value is -3.82. The molecule has 1 N–H and O–H groups in total. The average Bonchev–Trinajstić information content (AvgIpc) is 2.73. The molecular weight excluding hydrogens is 396 g/mol. The topological polar surface area (TPSA) is 126 Å². The van der Waals surface area contributed by atoms with E-state index in [4.69, 9.17) is 18.9 Å². The summed E-state index contributed by atoms with van der Waals surface area (Å²) >= 11 is 0. The number of nitrogens with one attached hydrogen (secondary N) is 1. The molecule has 0 aliphatic heterocycles. The molecule has 0 saturated carbocycles. The Labute approximate surface area is 172 Å². The third kappa shape index (κ3) is 5.16. The third-order valence-electron chi connectivity index (χ3n) is 4.02. The SMILES string of the molecule is CCOc1cc([N+](=O)[O-])c(C(=O)OC(C)C(=O)Nc2ccccc2OC)cc1OC. The number of ether oxygens (including phenoxy) is 4. The molecular formula is C20H22N2O8. The highest BCUT2D eigenvalue weighted by atomic mass is 16.6. The fourth-order valence-corrected chi connectivity index (χ4v) is 2.55. The largest absolute Gasteiger partial charge is 0.495 e. The Bertz CT molecular complexity index is 944. The first kappa shape index (κ1) is 22.5. The van der Waals surface area contributed by atoms with Gasteiger partial charge in [0.05, 0.1) is 37.5 Å². The van der Waals surface area contributed by atoms with E-state index >= 15 is 0 Å². The smallest absolute Gasteiger partial charge is 0.346 e. The van der Waals surface area contributed by atoms with E-state index in [9.17, 15) is 19.7 Å². The lowest BCUT2D eigenvalue weighted by Gasteiger charge is -2.16. The second-order valence-electron chi connectivity index (χ2n) is 5.95. The molecule has 0 aliphatic rings. The summed E-state index contributed by atoms with van der Waals surface area (Å²) in [4.78, 5) is 35.7. The van der Waals surface area contributed by atoms with Crippen LogP contribution in [-0.2, 0) is 9.53 Å². The number of nitrogens with zero attached hydrogens (tertiary/aromatic N) is 1. The maximum absolute atomic E-state index is 12.6. The molecule has 0 fully saturated rings. The van der Waals surface area contributed by atoms with Crippen molar-refractivity contribution in [2.45, 2.75) is 20.0 Å². The number of methoxy groups -OCH3 is 2. The monoisotopic (exact) mass is 418 g/mol. The molecule has 0 heterocycles. The lowest BCUT2D eigenvalue weighted by atomic mass is 10.1. The Morgan fingerprint density at radius 1 is 1.10 bits per heavy atom. The summed E-state index contributed by atoms with van der Waals surface area (Å²) in [7, 11) is 2.79. The Morgan fingerprint density at radius 2 is 1.77 bits per heavy atom. The van der Waals surface area contributed by atoms with E-state index in [2.05, 4.69) is 5.32 Å². The number of amides is 1. The molecule has 2 aromatic rings. The number of rotatable bonds is 9. The zero-order chi connectivity index (χ0) is 22.3. The van der Waals surface area contributed by atoms with E-state index in [1.807, 2.05) is 0 Å². The number of hydrogen-bond donors (Lipinski definition) is 1. The van der Waals surface area contributed by atoms with E-state index in [0.29, 0.717) is 11.4 Å². The van der Waals surface area contributed by atoms with Gasteiger partial charge < -0.3 is 24.3 Å². The number of nitro groups is 1. The summed E-state index contributed by atoms with van der Waals surface area (Å²) in [6, 6.07) is 8.94. The summed E-state index contributed by atoms with van der Waals surface area (Å²) < 4.78 is 20.7. The molecule has 2 rings (SSSR count). The quantitative estimate of drug-likeness (QED) is 0.374. The van der Waals surface area contributed by atoms with E-state index in [0.717, 1.165) is 12.1 Å². The molecule has 0 radical (unpaired) electrons. The molecule has 1 atom stereocenters. The summed E-state index contributed by atoms with van der Waals surface area (Å²) in [6.07, 6.45) is -1.24. The predicted molar refractivity (Wildman–Crippen MR) is 107 cm³/mol. The van der Waals surface area contributed by atoms with Gasteiger partial charge in [0.15, 0.2) is 17.6 Å². The molecule has 30 heavy (non-hydrogen) atoms. The highest BCUT2D eigenvalue weighted by molar-refractivity contribution is 6.00. The maximum Gasteiger partial charge on any atom is 0.346 e. The van der Waals surface area contributed by atoms with E-state index in [1.165, 1.54) is 21.1 Å². The first-order chi connectivity index (χ1) is 14.3. The van der Waals surface area contributed by atoms with Gasteiger partial charge in [-0.05, 0) is 26.0 Å². The van der Waals surface area contributed by atoms with Crippen LogP contribution in [0.25, 0.3) is 0 Å². The van der Waals surface area contributed by atoms with Crippen molar-refractivity contribution in [2.75, 3.05) is 26.1 Å². The normalized spacial score (nSPS) is 11.2. The number of carbonyl (C=O) groups excluding carboxylic acids is 2. The molecule has 10 nitrogen and oxygen atoms in total. The number of nitro benzene ring substituents is 1. The van der Waals surface area contributed by atoms with Gasteiger partial charge in [-0.2, -0.15) is 0 Å². The molecule has 10 heteroatoms. The van der Waals surface area contributed by atoms with Crippen molar-refractivity contribution in [1.82, 2.24) is 0 Å². The summed E-state index contributed by atoms with van der Waals surface area (Å²) in [5.41, 5.74) is -0.500. The lowest BCUT2D eigenvalue weighted by Crippen LogP contribution is -2.30. The fourth-order valence-electron chi connectivity index (χ4n) is 2.55. The van der Waals surface area contributed by atoms with Crippen LogP contribution in [0.1, 0.15) is 24.2 Å². The second kappa shape index (κ2) is 10.1. The number of carbonyl (C=O) groups is 2. The minimum atomic E-state index is -1.24. The van der Waals surface area contributed by atoms with Crippen molar-refractivity contribution in [3.63, 3.8) is 0 Å². The van der Waals surface area contributed by atoms with Crippen molar-refractivity contribution in [1.29, 1.82) is 0 Å². The van der Waals surface area contributed by atoms with Crippen molar-refractivity contribution >= 4 is 23.3 Å². The molecule has 2 aromatic carbocycles. The van der Waals surface area contributed by atoms with Gasteiger partial charge in [-0.25, -0.2) is 4.79 Å². The van der Waals surface area contributed by atoms with Gasteiger partial charge in [0, 0.05) is 6.07 Å².